The van der Waals surface area contributed by atoms with Gasteiger partial charge in [0.1, 0.15) is 6.61 Å². The van der Waals surface area contributed by atoms with Crippen LogP contribution in [0, 0.1) is 14.9 Å². The number of aromatic carboxylic acids is 1. The first-order valence-corrected chi connectivity index (χ1v) is 11.1. The lowest BCUT2D eigenvalue weighted by Crippen LogP contribution is -2.01. The van der Waals surface area contributed by atoms with Crippen molar-refractivity contribution in [3.8, 4) is 17.6 Å². The van der Waals surface area contributed by atoms with Crippen LogP contribution in [0.15, 0.2) is 54.6 Å². The predicted octanol–water partition coefficient (Wildman–Crippen LogP) is 6.95. The minimum absolute atomic E-state index is 0.157. The molecular formula is C24H16Cl2INO4. The topological polar surface area (TPSA) is 79.5 Å². The maximum atomic E-state index is 11.0. The summed E-state index contributed by atoms with van der Waals surface area (Å²) in [5.74, 6) is 0.0427. The second-order valence-corrected chi connectivity index (χ2v) is 8.62. The number of nitriles is 1. The van der Waals surface area contributed by atoms with Crippen molar-refractivity contribution in [3.63, 3.8) is 0 Å². The molecular weight excluding hydrogens is 564 g/mol. The van der Waals surface area contributed by atoms with E-state index in [-0.39, 0.29) is 12.2 Å². The molecule has 0 atom stereocenters. The quantitative estimate of drug-likeness (QED) is 0.186. The zero-order valence-corrected chi connectivity index (χ0v) is 20.4. The van der Waals surface area contributed by atoms with Gasteiger partial charge >= 0.3 is 5.97 Å². The summed E-state index contributed by atoms with van der Waals surface area (Å²) in [6.45, 7) is 0.233. The van der Waals surface area contributed by atoms with Crippen molar-refractivity contribution in [1.29, 1.82) is 5.26 Å². The molecule has 0 bridgehead atoms. The van der Waals surface area contributed by atoms with Gasteiger partial charge in [-0.05, 0) is 76.2 Å². The third-order valence-electron chi connectivity index (χ3n) is 4.51. The number of methoxy groups -OCH3 is 1. The first-order valence-electron chi connectivity index (χ1n) is 9.22. The maximum Gasteiger partial charge on any atom is 0.335 e. The Hall–Kier alpha value is -2.73. The smallest absolute Gasteiger partial charge is 0.335 e. The number of carboxylic acids is 1. The van der Waals surface area contributed by atoms with Crippen LogP contribution in [-0.4, -0.2) is 18.2 Å². The summed E-state index contributed by atoms with van der Waals surface area (Å²) in [6, 6.07) is 17.1. The van der Waals surface area contributed by atoms with Gasteiger partial charge in [0, 0.05) is 15.6 Å². The van der Waals surface area contributed by atoms with Crippen molar-refractivity contribution in [2.24, 2.45) is 0 Å². The molecule has 0 aromatic heterocycles. The second-order valence-electron chi connectivity index (χ2n) is 6.61. The molecule has 0 unspecified atom stereocenters. The molecule has 0 fully saturated rings. The van der Waals surface area contributed by atoms with Gasteiger partial charge in [0.15, 0.2) is 11.5 Å². The van der Waals surface area contributed by atoms with Gasteiger partial charge in [-0.25, -0.2) is 4.79 Å². The molecule has 0 aliphatic heterocycles. The van der Waals surface area contributed by atoms with E-state index in [2.05, 4.69) is 28.7 Å². The molecule has 0 spiro atoms. The third-order valence-corrected chi connectivity index (χ3v) is 5.90. The van der Waals surface area contributed by atoms with E-state index < -0.39 is 5.97 Å². The normalized spacial score (nSPS) is 11.0. The first kappa shape index (κ1) is 23.9. The molecule has 5 nitrogen and oxygen atoms in total. The van der Waals surface area contributed by atoms with Crippen LogP contribution in [-0.2, 0) is 6.61 Å². The number of rotatable bonds is 7. The molecule has 162 valence electrons. The van der Waals surface area contributed by atoms with Crippen LogP contribution in [0.1, 0.15) is 27.0 Å². The van der Waals surface area contributed by atoms with E-state index in [9.17, 15) is 10.1 Å². The Morgan fingerprint density at radius 2 is 1.81 bits per heavy atom. The highest BCUT2D eigenvalue weighted by Crippen LogP contribution is 2.36. The van der Waals surface area contributed by atoms with E-state index in [1.807, 2.05) is 6.07 Å². The van der Waals surface area contributed by atoms with Gasteiger partial charge < -0.3 is 14.6 Å². The van der Waals surface area contributed by atoms with E-state index in [0.717, 1.165) is 14.7 Å². The minimum Gasteiger partial charge on any atom is -0.493 e. The van der Waals surface area contributed by atoms with Crippen LogP contribution in [0.2, 0.25) is 10.0 Å². The van der Waals surface area contributed by atoms with Crippen molar-refractivity contribution in [3.05, 3.63) is 90.5 Å². The Balaban J connectivity index is 1.89. The summed E-state index contributed by atoms with van der Waals surface area (Å²) >= 11 is 14.3. The van der Waals surface area contributed by atoms with Gasteiger partial charge in [-0.1, -0.05) is 41.4 Å². The average Bonchev–Trinajstić information content (AvgIpc) is 2.77. The molecule has 8 heteroatoms. The average molecular weight is 580 g/mol. The lowest BCUT2D eigenvalue weighted by Gasteiger charge is -2.14. The van der Waals surface area contributed by atoms with E-state index >= 15 is 0 Å². The first-order chi connectivity index (χ1) is 15.3. The zero-order valence-electron chi connectivity index (χ0n) is 16.7. The molecule has 0 aliphatic rings. The molecule has 0 aliphatic carbocycles. The van der Waals surface area contributed by atoms with Gasteiger partial charge in [-0.2, -0.15) is 5.26 Å². The number of benzene rings is 3. The fraction of sp³-hybridized carbons (Fsp3) is 0.0833. The Morgan fingerprint density at radius 3 is 2.41 bits per heavy atom. The number of allylic oxidation sites excluding steroid dienone is 1. The lowest BCUT2D eigenvalue weighted by molar-refractivity contribution is 0.0697. The Morgan fingerprint density at radius 1 is 1.12 bits per heavy atom. The molecule has 0 radical (unpaired) electrons. The van der Waals surface area contributed by atoms with Crippen LogP contribution in [0.3, 0.4) is 0 Å². The van der Waals surface area contributed by atoms with E-state index in [1.165, 1.54) is 19.2 Å². The molecule has 0 heterocycles. The third kappa shape index (κ3) is 5.74. The van der Waals surface area contributed by atoms with Gasteiger partial charge in [0.05, 0.1) is 27.9 Å². The van der Waals surface area contributed by atoms with Crippen molar-refractivity contribution in [2.75, 3.05) is 7.11 Å². The highest BCUT2D eigenvalue weighted by atomic mass is 127. The Kier molecular flexibility index (Phi) is 8.02. The molecule has 3 rings (SSSR count). The minimum atomic E-state index is -1.02. The van der Waals surface area contributed by atoms with Crippen molar-refractivity contribution < 1.29 is 19.4 Å². The van der Waals surface area contributed by atoms with Gasteiger partial charge in [0.2, 0.25) is 0 Å². The molecule has 32 heavy (non-hydrogen) atoms. The summed E-state index contributed by atoms with van der Waals surface area (Å²) in [6.07, 6.45) is 1.71. The number of ether oxygens (including phenoxy) is 2. The maximum absolute atomic E-state index is 11.0. The molecule has 3 aromatic rings. The molecule has 3 aromatic carbocycles. The fourth-order valence-corrected chi connectivity index (χ4v) is 4.14. The van der Waals surface area contributed by atoms with Gasteiger partial charge in [-0.3, -0.25) is 0 Å². The summed E-state index contributed by atoms with van der Waals surface area (Å²) < 4.78 is 12.3. The second kappa shape index (κ2) is 10.7. The highest BCUT2D eigenvalue weighted by molar-refractivity contribution is 14.1. The van der Waals surface area contributed by atoms with Crippen LogP contribution >= 0.6 is 45.8 Å². The predicted molar refractivity (Wildman–Crippen MR) is 133 cm³/mol. The molecule has 1 N–H and O–H groups in total. The van der Waals surface area contributed by atoms with Crippen molar-refractivity contribution >= 4 is 63.4 Å². The van der Waals surface area contributed by atoms with Gasteiger partial charge in [-0.15, -0.1) is 0 Å². The highest BCUT2D eigenvalue weighted by Gasteiger charge is 2.13. The van der Waals surface area contributed by atoms with Crippen LogP contribution < -0.4 is 9.47 Å². The van der Waals surface area contributed by atoms with E-state index in [1.54, 1.807) is 42.5 Å². The number of nitrogens with zero attached hydrogens (tertiary/aromatic N) is 1. The Bertz CT molecular complexity index is 1230. The fourth-order valence-electron chi connectivity index (χ4n) is 2.89. The van der Waals surface area contributed by atoms with Crippen LogP contribution in [0.25, 0.3) is 11.6 Å². The summed E-state index contributed by atoms with van der Waals surface area (Å²) in [4.78, 5) is 11.0. The lowest BCUT2D eigenvalue weighted by atomic mass is 10.0. The summed E-state index contributed by atoms with van der Waals surface area (Å²) in [5.41, 5.74) is 2.69. The largest absolute Gasteiger partial charge is 0.493 e. The zero-order chi connectivity index (χ0) is 23.3. The molecule has 0 amide bonds. The van der Waals surface area contributed by atoms with E-state index in [0.29, 0.717) is 32.7 Å². The van der Waals surface area contributed by atoms with Crippen LogP contribution in [0.4, 0.5) is 0 Å². The van der Waals surface area contributed by atoms with E-state index in [4.69, 9.17) is 37.8 Å². The Labute approximate surface area is 208 Å². The standard InChI is InChI=1S/C24H16Cl2INO4/c1-31-22-10-14(8-18(12-28)15-2-4-16(5-3-15)24(29)30)9-21(27)23(22)32-13-17-6-7-19(25)11-20(17)26/h2-11H,13H2,1H3,(H,29,30)/b18-8-. The van der Waals surface area contributed by atoms with Crippen LogP contribution in [0.5, 0.6) is 11.5 Å². The van der Waals surface area contributed by atoms with Crippen molar-refractivity contribution in [2.45, 2.75) is 6.61 Å². The monoisotopic (exact) mass is 579 g/mol. The van der Waals surface area contributed by atoms with Crippen molar-refractivity contribution in [1.82, 2.24) is 0 Å². The van der Waals surface area contributed by atoms with Gasteiger partial charge in [0.25, 0.3) is 0 Å². The number of halogens is 3. The summed E-state index contributed by atoms with van der Waals surface area (Å²) in [7, 11) is 1.54. The SMILES string of the molecule is COc1cc(/C=C(/C#N)c2ccc(C(=O)O)cc2)cc(I)c1OCc1ccc(Cl)cc1Cl. The molecule has 0 saturated heterocycles. The number of hydrogen-bond donors (Lipinski definition) is 1. The molecule has 0 saturated carbocycles. The number of carbonyl (C=O) groups is 1. The number of hydrogen-bond acceptors (Lipinski definition) is 4. The number of carboxylic acid groups (broad SMARTS) is 1. The summed E-state index contributed by atoms with van der Waals surface area (Å²) in [5, 5.41) is 19.7.